The Kier molecular flexibility index (Phi) is 4.37. The molecule has 3 rings (SSSR count). The van der Waals surface area contributed by atoms with Crippen molar-refractivity contribution >= 4 is 0 Å². The van der Waals surface area contributed by atoms with Gasteiger partial charge in [-0.2, -0.15) is 0 Å². The highest BCUT2D eigenvalue weighted by Gasteiger charge is 2.26. The van der Waals surface area contributed by atoms with Crippen LogP contribution in [0.5, 0.6) is 0 Å². The minimum Gasteiger partial charge on any atom is -0.326 e. The molecule has 110 valence electrons. The van der Waals surface area contributed by atoms with Gasteiger partial charge in [0.15, 0.2) is 0 Å². The molecule has 0 saturated carbocycles. The second-order valence-corrected chi connectivity index (χ2v) is 5.94. The lowest BCUT2D eigenvalue weighted by Gasteiger charge is -2.36. The molecular weight excluding hydrogens is 256 g/mol. The Hall–Kier alpha value is -1.64. The number of rotatable bonds is 3. The predicted octanol–water partition coefficient (Wildman–Crippen LogP) is 3.49. The van der Waals surface area contributed by atoms with Gasteiger partial charge in [0.1, 0.15) is 0 Å². The average molecular weight is 280 g/mol. The number of nitrogens with two attached hydrogens (primary N) is 1. The van der Waals surface area contributed by atoms with Crippen molar-refractivity contribution in [2.24, 2.45) is 5.73 Å². The number of hydrogen-bond acceptors (Lipinski definition) is 2. The summed E-state index contributed by atoms with van der Waals surface area (Å²) < 4.78 is 0. The van der Waals surface area contributed by atoms with Crippen molar-refractivity contribution in [1.29, 1.82) is 0 Å². The van der Waals surface area contributed by atoms with Crippen molar-refractivity contribution in [2.45, 2.75) is 25.3 Å². The van der Waals surface area contributed by atoms with Crippen LogP contribution in [0, 0.1) is 0 Å². The largest absolute Gasteiger partial charge is 0.326 e. The lowest BCUT2D eigenvalue weighted by molar-refractivity contribution is 0.199. The Balaban J connectivity index is 1.76. The van der Waals surface area contributed by atoms with E-state index in [0.29, 0.717) is 5.92 Å². The zero-order valence-electron chi connectivity index (χ0n) is 12.7. The SMILES string of the molecule is CCN1CC[C@H](c2ccc(-c3ccccc3)cc2)[C@@H](N)C1. The van der Waals surface area contributed by atoms with E-state index in [1.807, 2.05) is 0 Å². The molecule has 2 aromatic carbocycles. The van der Waals surface area contributed by atoms with Crippen molar-refractivity contribution in [3.05, 3.63) is 60.2 Å². The van der Waals surface area contributed by atoms with E-state index >= 15 is 0 Å². The summed E-state index contributed by atoms with van der Waals surface area (Å²) in [6.45, 7) is 5.49. The molecule has 21 heavy (non-hydrogen) atoms. The molecule has 0 aromatic heterocycles. The molecule has 0 aliphatic carbocycles. The molecule has 1 fully saturated rings. The quantitative estimate of drug-likeness (QED) is 0.932. The van der Waals surface area contributed by atoms with E-state index in [4.69, 9.17) is 5.73 Å². The lowest BCUT2D eigenvalue weighted by atomic mass is 9.85. The first-order valence-corrected chi connectivity index (χ1v) is 7.91. The van der Waals surface area contributed by atoms with Crippen LogP contribution in [0.1, 0.15) is 24.8 Å². The summed E-state index contributed by atoms with van der Waals surface area (Å²) in [6.07, 6.45) is 1.17. The number of hydrogen-bond donors (Lipinski definition) is 1. The average Bonchev–Trinajstić information content (AvgIpc) is 2.56. The van der Waals surface area contributed by atoms with Crippen molar-refractivity contribution < 1.29 is 0 Å². The number of piperidine rings is 1. The third-order valence-electron chi connectivity index (χ3n) is 4.64. The van der Waals surface area contributed by atoms with Gasteiger partial charge in [0.05, 0.1) is 0 Å². The Morgan fingerprint density at radius 2 is 1.67 bits per heavy atom. The van der Waals surface area contributed by atoms with Gasteiger partial charge in [-0.3, -0.25) is 0 Å². The molecule has 0 bridgehead atoms. The summed E-state index contributed by atoms with van der Waals surface area (Å²) in [5, 5.41) is 0. The summed E-state index contributed by atoms with van der Waals surface area (Å²) in [6, 6.07) is 19.7. The van der Waals surface area contributed by atoms with Crippen LogP contribution in [0.2, 0.25) is 0 Å². The first kappa shape index (κ1) is 14.3. The molecule has 0 spiro atoms. The molecule has 0 radical (unpaired) electrons. The van der Waals surface area contributed by atoms with Crippen LogP contribution in [0.4, 0.5) is 0 Å². The van der Waals surface area contributed by atoms with Crippen LogP contribution in [-0.4, -0.2) is 30.6 Å². The third kappa shape index (κ3) is 3.17. The lowest BCUT2D eigenvalue weighted by Crippen LogP contribution is -2.47. The van der Waals surface area contributed by atoms with Crippen LogP contribution >= 0.6 is 0 Å². The summed E-state index contributed by atoms with van der Waals surface area (Å²) in [5.74, 6) is 0.498. The van der Waals surface area contributed by atoms with Crippen LogP contribution in [0.25, 0.3) is 11.1 Å². The van der Waals surface area contributed by atoms with Crippen LogP contribution in [0.3, 0.4) is 0 Å². The molecule has 2 heteroatoms. The Bertz CT molecular complexity index is 562. The molecule has 1 aliphatic rings. The minimum atomic E-state index is 0.251. The van der Waals surface area contributed by atoms with Gasteiger partial charge in [0, 0.05) is 18.5 Å². The summed E-state index contributed by atoms with van der Waals surface area (Å²) >= 11 is 0. The van der Waals surface area contributed by atoms with Gasteiger partial charge in [-0.25, -0.2) is 0 Å². The summed E-state index contributed by atoms with van der Waals surface area (Å²) in [5.41, 5.74) is 10.3. The first-order valence-electron chi connectivity index (χ1n) is 7.91. The topological polar surface area (TPSA) is 29.3 Å². The second-order valence-electron chi connectivity index (χ2n) is 5.94. The van der Waals surface area contributed by atoms with Gasteiger partial charge in [0.2, 0.25) is 0 Å². The standard InChI is InChI=1S/C19H24N2/c1-2-21-13-12-18(19(20)14-21)17-10-8-16(9-11-17)15-6-4-3-5-7-15/h3-11,18-19H,2,12-14,20H2,1H3/t18-,19+/m1/s1. The molecule has 0 unspecified atom stereocenters. The fourth-order valence-electron chi connectivity index (χ4n) is 3.31. The maximum absolute atomic E-state index is 6.38. The van der Waals surface area contributed by atoms with Gasteiger partial charge in [0.25, 0.3) is 0 Å². The molecule has 0 amide bonds. The molecule has 2 atom stereocenters. The number of benzene rings is 2. The smallest absolute Gasteiger partial charge is 0.0237 e. The van der Waals surface area contributed by atoms with Crippen molar-refractivity contribution in [2.75, 3.05) is 19.6 Å². The Morgan fingerprint density at radius 3 is 2.29 bits per heavy atom. The highest BCUT2D eigenvalue weighted by Crippen LogP contribution is 2.29. The third-order valence-corrected chi connectivity index (χ3v) is 4.64. The molecule has 2 nitrogen and oxygen atoms in total. The van der Waals surface area contributed by atoms with Crippen LogP contribution in [0.15, 0.2) is 54.6 Å². The summed E-state index contributed by atoms with van der Waals surface area (Å²) in [4.78, 5) is 2.44. The van der Waals surface area contributed by atoms with Crippen LogP contribution < -0.4 is 5.73 Å². The highest BCUT2D eigenvalue weighted by atomic mass is 15.1. The van der Waals surface area contributed by atoms with E-state index in [1.54, 1.807) is 0 Å². The Morgan fingerprint density at radius 1 is 1.00 bits per heavy atom. The summed E-state index contributed by atoms with van der Waals surface area (Å²) in [7, 11) is 0. The van der Waals surface area contributed by atoms with Gasteiger partial charge in [-0.15, -0.1) is 0 Å². The molecule has 2 aromatic rings. The van der Waals surface area contributed by atoms with Gasteiger partial charge in [-0.1, -0.05) is 61.5 Å². The van der Waals surface area contributed by atoms with Crippen molar-refractivity contribution in [3.8, 4) is 11.1 Å². The van der Waals surface area contributed by atoms with Crippen LogP contribution in [-0.2, 0) is 0 Å². The molecule has 2 N–H and O–H groups in total. The maximum atomic E-state index is 6.38. The molecule has 1 heterocycles. The first-order chi connectivity index (χ1) is 10.3. The van der Waals surface area contributed by atoms with E-state index in [2.05, 4.69) is 66.4 Å². The van der Waals surface area contributed by atoms with E-state index in [1.165, 1.54) is 23.1 Å². The monoisotopic (exact) mass is 280 g/mol. The van der Waals surface area contributed by atoms with Crippen molar-refractivity contribution in [1.82, 2.24) is 4.90 Å². The fourth-order valence-corrected chi connectivity index (χ4v) is 3.31. The minimum absolute atomic E-state index is 0.251. The number of likely N-dealkylation sites (N-methyl/N-ethyl adjacent to an activating group) is 1. The number of likely N-dealkylation sites (tertiary alicyclic amines) is 1. The maximum Gasteiger partial charge on any atom is 0.0237 e. The van der Waals surface area contributed by atoms with E-state index in [9.17, 15) is 0 Å². The number of nitrogens with zero attached hydrogens (tertiary/aromatic N) is 1. The van der Waals surface area contributed by atoms with E-state index in [0.717, 1.165) is 19.6 Å². The van der Waals surface area contributed by atoms with E-state index < -0.39 is 0 Å². The fraction of sp³-hybridized carbons (Fsp3) is 0.368. The molecular formula is C19H24N2. The molecule has 1 aliphatic heterocycles. The highest BCUT2D eigenvalue weighted by molar-refractivity contribution is 5.63. The zero-order valence-corrected chi connectivity index (χ0v) is 12.7. The van der Waals surface area contributed by atoms with E-state index in [-0.39, 0.29) is 6.04 Å². The predicted molar refractivity (Wildman–Crippen MR) is 89.3 cm³/mol. The Labute approximate surface area is 127 Å². The molecule has 1 saturated heterocycles. The normalized spacial score (nSPS) is 23.1. The van der Waals surface area contributed by atoms with Crippen molar-refractivity contribution in [3.63, 3.8) is 0 Å². The van der Waals surface area contributed by atoms with Gasteiger partial charge in [-0.05, 0) is 36.2 Å². The second kappa shape index (κ2) is 6.42. The zero-order chi connectivity index (χ0) is 14.7. The van der Waals surface area contributed by atoms with Gasteiger partial charge >= 0.3 is 0 Å². The van der Waals surface area contributed by atoms with Gasteiger partial charge < -0.3 is 10.6 Å².